The minimum atomic E-state index is -4.47. The number of hydrogen-bond donors (Lipinski definition) is 2. The van der Waals surface area contributed by atoms with Crippen molar-refractivity contribution < 1.29 is 32.3 Å². The smallest absolute Gasteiger partial charge is 0.416 e. The van der Waals surface area contributed by atoms with E-state index < -0.39 is 35.5 Å². The highest BCUT2D eigenvalue weighted by molar-refractivity contribution is 5.85. The number of carboxylic acids is 1. The lowest BCUT2D eigenvalue weighted by Gasteiger charge is -2.15. The molecule has 2 aromatic carbocycles. The van der Waals surface area contributed by atoms with Gasteiger partial charge in [0.1, 0.15) is 11.9 Å². The summed E-state index contributed by atoms with van der Waals surface area (Å²) in [6.45, 7) is 0. The molecule has 0 aliphatic heterocycles. The molecule has 0 fully saturated rings. The van der Waals surface area contributed by atoms with Crippen molar-refractivity contribution >= 4 is 11.9 Å². The van der Waals surface area contributed by atoms with Crippen molar-refractivity contribution in [2.75, 3.05) is 0 Å². The molecule has 0 radical (unpaired) electrons. The second kappa shape index (κ2) is 7.99. The summed E-state index contributed by atoms with van der Waals surface area (Å²) in [5.74, 6) is -2.48. The number of benzene rings is 2. The Labute approximate surface area is 146 Å². The fraction of sp³-hybridized carbons (Fsp3) is 0.222. The molecule has 2 aromatic rings. The zero-order valence-corrected chi connectivity index (χ0v) is 13.4. The SMILES string of the molecule is O=C(Cc1ccc(C(F)(F)F)cc1)N[C@@H](Cc1cccc(F)c1)C(=O)O. The molecule has 138 valence electrons. The molecule has 26 heavy (non-hydrogen) atoms. The number of carboxylic acid groups (broad SMARTS) is 1. The van der Waals surface area contributed by atoms with Crippen LogP contribution < -0.4 is 5.32 Å². The Morgan fingerprint density at radius 2 is 1.69 bits per heavy atom. The van der Waals surface area contributed by atoms with Crippen molar-refractivity contribution in [3.63, 3.8) is 0 Å². The molecule has 0 heterocycles. The normalized spacial score (nSPS) is 12.5. The van der Waals surface area contributed by atoms with Gasteiger partial charge in [0.05, 0.1) is 12.0 Å². The molecule has 1 amide bonds. The maximum Gasteiger partial charge on any atom is 0.416 e. The van der Waals surface area contributed by atoms with Gasteiger partial charge in [-0.3, -0.25) is 4.79 Å². The van der Waals surface area contributed by atoms with Crippen molar-refractivity contribution in [1.82, 2.24) is 5.32 Å². The van der Waals surface area contributed by atoms with Crippen molar-refractivity contribution in [1.29, 1.82) is 0 Å². The van der Waals surface area contributed by atoms with Crippen LogP contribution in [0, 0.1) is 5.82 Å². The van der Waals surface area contributed by atoms with Crippen molar-refractivity contribution in [3.05, 3.63) is 71.0 Å². The van der Waals surface area contributed by atoms with E-state index in [9.17, 15) is 32.3 Å². The molecule has 0 spiro atoms. The van der Waals surface area contributed by atoms with E-state index in [4.69, 9.17) is 0 Å². The van der Waals surface area contributed by atoms with Gasteiger partial charge in [-0.25, -0.2) is 9.18 Å². The zero-order valence-electron chi connectivity index (χ0n) is 13.4. The number of aliphatic carboxylic acids is 1. The maximum absolute atomic E-state index is 13.2. The van der Waals surface area contributed by atoms with Crippen LogP contribution in [0.4, 0.5) is 17.6 Å². The summed E-state index contributed by atoms with van der Waals surface area (Å²) in [5.41, 5.74) is -0.131. The summed E-state index contributed by atoms with van der Waals surface area (Å²) in [4.78, 5) is 23.3. The van der Waals surface area contributed by atoms with Gasteiger partial charge in [0, 0.05) is 6.42 Å². The largest absolute Gasteiger partial charge is 0.480 e. The number of nitrogens with one attached hydrogen (secondary N) is 1. The minimum absolute atomic E-state index is 0.119. The van der Waals surface area contributed by atoms with E-state index in [0.29, 0.717) is 11.1 Å². The van der Waals surface area contributed by atoms with Crippen molar-refractivity contribution in [2.45, 2.75) is 25.1 Å². The van der Waals surface area contributed by atoms with Gasteiger partial charge in [-0.05, 0) is 35.4 Å². The third-order valence-corrected chi connectivity index (χ3v) is 3.61. The Hall–Kier alpha value is -2.90. The molecule has 0 saturated carbocycles. The molecular formula is C18H15F4NO3. The molecule has 0 saturated heterocycles. The predicted molar refractivity (Wildman–Crippen MR) is 84.8 cm³/mol. The van der Waals surface area contributed by atoms with Crippen molar-refractivity contribution in [3.8, 4) is 0 Å². The van der Waals surface area contributed by atoms with E-state index in [1.807, 2.05) is 0 Å². The molecule has 0 aliphatic rings. The zero-order chi connectivity index (χ0) is 19.3. The molecule has 0 bridgehead atoms. The summed E-state index contributed by atoms with van der Waals surface area (Å²) in [7, 11) is 0. The fourth-order valence-corrected chi connectivity index (χ4v) is 2.34. The number of alkyl halides is 3. The van der Waals surface area contributed by atoms with Gasteiger partial charge >= 0.3 is 12.1 Å². The van der Waals surface area contributed by atoms with E-state index in [1.54, 1.807) is 0 Å². The standard InChI is InChI=1S/C18H15F4NO3/c19-14-3-1-2-12(8-14)9-15(17(25)26)23-16(24)10-11-4-6-13(7-5-11)18(20,21)22/h1-8,15H,9-10H2,(H,23,24)(H,25,26)/t15-/m0/s1. The second-order valence-corrected chi connectivity index (χ2v) is 5.66. The Kier molecular flexibility index (Phi) is 5.97. The lowest BCUT2D eigenvalue weighted by molar-refractivity contribution is -0.141. The number of hydrogen-bond acceptors (Lipinski definition) is 2. The van der Waals surface area contributed by atoms with Gasteiger partial charge in [-0.2, -0.15) is 13.2 Å². The van der Waals surface area contributed by atoms with Gasteiger partial charge in [0.2, 0.25) is 5.91 Å². The van der Waals surface area contributed by atoms with Crippen LogP contribution in [0.15, 0.2) is 48.5 Å². The van der Waals surface area contributed by atoms with Crippen LogP contribution in [0.1, 0.15) is 16.7 Å². The lowest BCUT2D eigenvalue weighted by atomic mass is 10.0. The van der Waals surface area contributed by atoms with Gasteiger partial charge < -0.3 is 10.4 Å². The average Bonchev–Trinajstić information content (AvgIpc) is 2.53. The van der Waals surface area contributed by atoms with Crippen LogP contribution in [0.25, 0.3) is 0 Å². The van der Waals surface area contributed by atoms with E-state index in [1.165, 1.54) is 18.2 Å². The number of carbonyl (C=O) groups excluding carboxylic acids is 1. The Balaban J connectivity index is 2.00. The number of amides is 1. The summed E-state index contributed by atoms with van der Waals surface area (Å²) >= 11 is 0. The molecule has 2 N–H and O–H groups in total. The van der Waals surface area contributed by atoms with Crippen LogP contribution in [-0.2, 0) is 28.6 Å². The van der Waals surface area contributed by atoms with Gasteiger partial charge in [-0.1, -0.05) is 24.3 Å². The first-order valence-corrected chi connectivity index (χ1v) is 7.58. The van der Waals surface area contributed by atoms with E-state index in [-0.39, 0.29) is 12.8 Å². The topological polar surface area (TPSA) is 66.4 Å². The van der Waals surface area contributed by atoms with E-state index >= 15 is 0 Å². The van der Waals surface area contributed by atoms with Crippen LogP contribution in [0.2, 0.25) is 0 Å². The third kappa shape index (κ3) is 5.58. The van der Waals surface area contributed by atoms with Crippen LogP contribution in [-0.4, -0.2) is 23.0 Å². The predicted octanol–water partition coefficient (Wildman–Crippen LogP) is 3.20. The Morgan fingerprint density at radius 3 is 2.23 bits per heavy atom. The quantitative estimate of drug-likeness (QED) is 0.769. The molecule has 0 aliphatic carbocycles. The van der Waals surface area contributed by atoms with Crippen LogP contribution in [0.3, 0.4) is 0 Å². The number of halogens is 4. The molecular weight excluding hydrogens is 354 g/mol. The number of carbonyl (C=O) groups is 2. The maximum atomic E-state index is 13.2. The summed E-state index contributed by atoms with van der Waals surface area (Å²) in [6, 6.07) is 8.07. The summed E-state index contributed by atoms with van der Waals surface area (Å²) < 4.78 is 50.7. The first-order chi connectivity index (χ1) is 12.1. The van der Waals surface area contributed by atoms with Crippen LogP contribution in [0.5, 0.6) is 0 Å². The summed E-state index contributed by atoms with van der Waals surface area (Å²) in [6.07, 6.45) is -4.86. The molecule has 4 nitrogen and oxygen atoms in total. The minimum Gasteiger partial charge on any atom is -0.480 e. The van der Waals surface area contributed by atoms with Gasteiger partial charge in [-0.15, -0.1) is 0 Å². The Morgan fingerprint density at radius 1 is 1.04 bits per heavy atom. The number of rotatable bonds is 6. The highest BCUT2D eigenvalue weighted by Gasteiger charge is 2.30. The fourth-order valence-electron chi connectivity index (χ4n) is 2.34. The average molecular weight is 369 g/mol. The molecule has 1 atom stereocenters. The van der Waals surface area contributed by atoms with Crippen LogP contribution >= 0.6 is 0 Å². The molecule has 0 unspecified atom stereocenters. The van der Waals surface area contributed by atoms with Crippen molar-refractivity contribution in [2.24, 2.45) is 0 Å². The molecule has 8 heteroatoms. The van der Waals surface area contributed by atoms with E-state index in [0.717, 1.165) is 30.3 Å². The highest BCUT2D eigenvalue weighted by Crippen LogP contribution is 2.29. The highest BCUT2D eigenvalue weighted by atomic mass is 19.4. The van der Waals surface area contributed by atoms with Gasteiger partial charge in [0.15, 0.2) is 0 Å². The van der Waals surface area contributed by atoms with E-state index in [2.05, 4.69) is 5.32 Å². The monoisotopic (exact) mass is 369 g/mol. The summed E-state index contributed by atoms with van der Waals surface area (Å²) in [5, 5.41) is 11.5. The first kappa shape index (κ1) is 19.4. The lowest BCUT2D eigenvalue weighted by Crippen LogP contribution is -2.43. The Bertz CT molecular complexity index is 788. The van der Waals surface area contributed by atoms with Gasteiger partial charge in [0.25, 0.3) is 0 Å². The first-order valence-electron chi connectivity index (χ1n) is 7.58. The second-order valence-electron chi connectivity index (χ2n) is 5.66. The molecule has 2 rings (SSSR count). The molecule has 0 aromatic heterocycles. The third-order valence-electron chi connectivity index (χ3n) is 3.61.